The molecular weight excluding hydrogens is 217 g/mol. The van der Waals surface area contributed by atoms with Crippen LogP contribution in [0.5, 0.6) is 5.75 Å². The Hall–Kier alpha value is -1.09. The summed E-state index contributed by atoms with van der Waals surface area (Å²) >= 11 is 0. The quantitative estimate of drug-likeness (QED) is 0.846. The van der Waals surface area contributed by atoms with Gasteiger partial charge in [-0.1, -0.05) is 26.0 Å². The topological polar surface area (TPSA) is 32.3 Å². The van der Waals surface area contributed by atoms with E-state index in [1.165, 1.54) is 18.9 Å². The predicted molar refractivity (Wildman–Crippen MR) is 66.3 cm³/mol. The summed E-state index contributed by atoms with van der Waals surface area (Å²) in [5.74, 6) is 0.621. The van der Waals surface area contributed by atoms with Crippen LogP contribution in [0.1, 0.15) is 32.3 Å². The number of para-hydroxylation sites is 1. The van der Waals surface area contributed by atoms with Gasteiger partial charge in [-0.15, -0.1) is 0 Å². The minimum Gasteiger partial charge on any atom is -0.505 e. The Bertz CT molecular complexity index is 394. The van der Waals surface area contributed by atoms with Gasteiger partial charge < -0.3 is 10.4 Å². The molecule has 17 heavy (non-hydrogen) atoms. The van der Waals surface area contributed by atoms with E-state index in [1.807, 2.05) is 0 Å². The molecule has 0 heterocycles. The fourth-order valence-corrected chi connectivity index (χ4v) is 2.60. The summed E-state index contributed by atoms with van der Waals surface area (Å²) in [6.45, 7) is 5.05. The maximum absolute atomic E-state index is 13.1. The van der Waals surface area contributed by atoms with Crippen LogP contribution in [0.15, 0.2) is 18.2 Å². The SMILES string of the molecule is CC1CCC(NCc2cccc(F)c2O)C1C. The van der Waals surface area contributed by atoms with Gasteiger partial charge >= 0.3 is 0 Å². The third-order valence-corrected chi connectivity index (χ3v) is 4.09. The van der Waals surface area contributed by atoms with Crippen LogP contribution in [0.2, 0.25) is 0 Å². The first kappa shape index (κ1) is 12.4. The molecule has 2 N–H and O–H groups in total. The highest BCUT2D eigenvalue weighted by atomic mass is 19.1. The zero-order valence-electron chi connectivity index (χ0n) is 10.4. The Kier molecular flexibility index (Phi) is 3.67. The van der Waals surface area contributed by atoms with Crippen LogP contribution in [0.3, 0.4) is 0 Å². The Morgan fingerprint density at radius 2 is 2.12 bits per heavy atom. The van der Waals surface area contributed by atoms with E-state index in [4.69, 9.17) is 0 Å². The summed E-state index contributed by atoms with van der Waals surface area (Å²) in [6, 6.07) is 5.15. The molecule has 0 radical (unpaired) electrons. The summed E-state index contributed by atoms with van der Waals surface area (Å²) in [7, 11) is 0. The lowest BCUT2D eigenvalue weighted by Crippen LogP contribution is -2.31. The van der Waals surface area contributed by atoms with E-state index in [1.54, 1.807) is 12.1 Å². The molecule has 0 amide bonds. The van der Waals surface area contributed by atoms with Gasteiger partial charge in [-0.3, -0.25) is 0 Å². The van der Waals surface area contributed by atoms with Gasteiger partial charge in [0.1, 0.15) is 0 Å². The van der Waals surface area contributed by atoms with Gasteiger partial charge in [0, 0.05) is 18.2 Å². The largest absolute Gasteiger partial charge is 0.505 e. The molecule has 1 aliphatic carbocycles. The lowest BCUT2D eigenvalue weighted by Gasteiger charge is -2.20. The van der Waals surface area contributed by atoms with Gasteiger partial charge in [0.15, 0.2) is 11.6 Å². The molecule has 1 aromatic carbocycles. The lowest BCUT2D eigenvalue weighted by molar-refractivity contribution is 0.364. The number of benzene rings is 1. The van der Waals surface area contributed by atoms with Crippen molar-refractivity contribution in [3.8, 4) is 5.75 Å². The number of hydrogen-bond acceptors (Lipinski definition) is 2. The molecular formula is C14H20FNO. The van der Waals surface area contributed by atoms with Gasteiger partial charge in [0.25, 0.3) is 0 Å². The molecule has 2 nitrogen and oxygen atoms in total. The van der Waals surface area contributed by atoms with Gasteiger partial charge in [-0.25, -0.2) is 4.39 Å². The van der Waals surface area contributed by atoms with E-state index in [9.17, 15) is 9.50 Å². The van der Waals surface area contributed by atoms with E-state index in [2.05, 4.69) is 19.2 Å². The second-order valence-electron chi connectivity index (χ2n) is 5.15. The zero-order valence-corrected chi connectivity index (χ0v) is 10.4. The number of nitrogens with one attached hydrogen (secondary N) is 1. The maximum Gasteiger partial charge on any atom is 0.165 e. The molecule has 1 aliphatic rings. The summed E-state index contributed by atoms with van der Waals surface area (Å²) < 4.78 is 13.1. The Morgan fingerprint density at radius 1 is 1.35 bits per heavy atom. The second-order valence-corrected chi connectivity index (χ2v) is 5.15. The molecule has 3 atom stereocenters. The molecule has 1 aromatic rings. The zero-order chi connectivity index (χ0) is 12.4. The molecule has 0 spiro atoms. The van der Waals surface area contributed by atoms with Crippen LogP contribution in [0, 0.1) is 17.7 Å². The highest BCUT2D eigenvalue weighted by Gasteiger charge is 2.29. The molecule has 0 aromatic heterocycles. The molecule has 0 saturated heterocycles. The first-order valence-corrected chi connectivity index (χ1v) is 6.29. The van der Waals surface area contributed by atoms with Crippen molar-refractivity contribution in [1.82, 2.24) is 5.32 Å². The smallest absolute Gasteiger partial charge is 0.165 e. The van der Waals surface area contributed by atoms with Gasteiger partial charge in [0.2, 0.25) is 0 Å². The minimum absolute atomic E-state index is 0.223. The van der Waals surface area contributed by atoms with Crippen LogP contribution in [0.4, 0.5) is 4.39 Å². The first-order valence-electron chi connectivity index (χ1n) is 6.29. The first-order chi connectivity index (χ1) is 8.09. The van der Waals surface area contributed by atoms with Crippen molar-refractivity contribution in [2.24, 2.45) is 11.8 Å². The molecule has 0 aliphatic heterocycles. The fourth-order valence-electron chi connectivity index (χ4n) is 2.60. The fraction of sp³-hybridized carbons (Fsp3) is 0.571. The molecule has 1 saturated carbocycles. The summed E-state index contributed by atoms with van der Waals surface area (Å²) in [6.07, 6.45) is 2.41. The summed E-state index contributed by atoms with van der Waals surface area (Å²) in [4.78, 5) is 0. The van der Waals surface area contributed by atoms with E-state index in [0.29, 0.717) is 24.1 Å². The van der Waals surface area contributed by atoms with Crippen LogP contribution in [-0.4, -0.2) is 11.1 Å². The third kappa shape index (κ3) is 2.60. The lowest BCUT2D eigenvalue weighted by atomic mass is 9.97. The van der Waals surface area contributed by atoms with E-state index >= 15 is 0 Å². The van der Waals surface area contributed by atoms with Crippen LogP contribution < -0.4 is 5.32 Å². The number of phenolic OH excluding ortho intramolecular Hbond substituents is 1. The van der Waals surface area contributed by atoms with Crippen molar-refractivity contribution in [1.29, 1.82) is 0 Å². The molecule has 94 valence electrons. The number of halogens is 1. The Labute approximate surface area is 102 Å². The molecule has 0 bridgehead atoms. The monoisotopic (exact) mass is 237 g/mol. The summed E-state index contributed by atoms with van der Waals surface area (Å²) in [5.41, 5.74) is 0.636. The molecule has 1 fully saturated rings. The predicted octanol–water partition coefficient (Wildman–Crippen LogP) is 3.06. The van der Waals surface area contributed by atoms with E-state index in [-0.39, 0.29) is 5.75 Å². The number of hydrogen-bond donors (Lipinski definition) is 2. The van der Waals surface area contributed by atoms with Crippen LogP contribution >= 0.6 is 0 Å². The van der Waals surface area contributed by atoms with Gasteiger partial charge in [-0.05, 0) is 30.7 Å². The highest BCUT2D eigenvalue weighted by Crippen LogP contribution is 2.31. The van der Waals surface area contributed by atoms with Crippen LogP contribution in [-0.2, 0) is 6.54 Å². The van der Waals surface area contributed by atoms with E-state index < -0.39 is 5.82 Å². The average Bonchev–Trinajstić information content (AvgIpc) is 2.62. The number of aromatic hydroxyl groups is 1. The van der Waals surface area contributed by atoms with Crippen molar-refractivity contribution < 1.29 is 9.50 Å². The second kappa shape index (κ2) is 5.05. The van der Waals surface area contributed by atoms with Crippen molar-refractivity contribution in [3.05, 3.63) is 29.6 Å². The van der Waals surface area contributed by atoms with Crippen LogP contribution in [0.25, 0.3) is 0 Å². The van der Waals surface area contributed by atoms with Crippen molar-refractivity contribution in [2.45, 2.75) is 39.3 Å². The van der Waals surface area contributed by atoms with Gasteiger partial charge in [-0.2, -0.15) is 0 Å². The number of rotatable bonds is 3. The Morgan fingerprint density at radius 3 is 2.76 bits per heavy atom. The van der Waals surface area contributed by atoms with Crippen molar-refractivity contribution in [3.63, 3.8) is 0 Å². The third-order valence-electron chi connectivity index (χ3n) is 4.09. The van der Waals surface area contributed by atoms with Crippen molar-refractivity contribution in [2.75, 3.05) is 0 Å². The normalized spacial score (nSPS) is 28.5. The minimum atomic E-state index is -0.544. The summed E-state index contributed by atoms with van der Waals surface area (Å²) in [5, 5.41) is 13.0. The highest BCUT2D eigenvalue weighted by molar-refractivity contribution is 5.33. The molecule has 3 heteroatoms. The Balaban J connectivity index is 1.96. The van der Waals surface area contributed by atoms with E-state index in [0.717, 1.165) is 5.92 Å². The van der Waals surface area contributed by atoms with Gasteiger partial charge in [0.05, 0.1) is 0 Å². The molecule has 3 unspecified atom stereocenters. The number of phenols is 1. The standard InChI is InChI=1S/C14H20FNO/c1-9-6-7-13(10(9)2)16-8-11-4-3-5-12(15)14(11)17/h3-5,9-10,13,16-17H,6-8H2,1-2H3. The average molecular weight is 237 g/mol. The maximum atomic E-state index is 13.1. The molecule has 2 rings (SSSR count). The van der Waals surface area contributed by atoms with Crippen molar-refractivity contribution >= 4 is 0 Å².